The lowest BCUT2D eigenvalue weighted by Crippen LogP contribution is -2.63. The van der Waals surface area contributed by atoms with Crippen LogP contribution in [0.5, 0.6) is 0 Å². The Kier molecular flexibility index (Phi) is 4.70. The minimum Gasteiger partial charge on any atom is -0.441 e. The maximum Gasteiger partial charge on any atom is 0.508 e. The molecule has 0 saturated carbocycles. The summed E-state index contributed by atoms with van der Waals surface area (Å²) < 4.78 is 14.3. The van der Waals surface area contributed by atoms with Gasteiger partial charge in [-0.15, -0.1) is 0 Å². The van der Waals surface area contributed by atoms with Crippen LogP contribution in [-0.2, 0) is 23.8 Å². The molecule has 0 unspecified atom stereocenters. The molecule has 1 fully saturated rings. The van der Waals surface area contributed by atoms with Crippen molar-refractivity contribution in [1.82, 2.24) is 5.32 Å². The van der Waals surface area contributed by atoms with Gasteiger partial charge in [-0.25, -0.2) is 4.79 Å². The zero-order valence-electron chi connectivity index (χ0n) is 10.2. The summed E-state index contributed by atoms with van der Waals surface area (Å²) in [5, 5.41) is 2.39. The molecule has 1 aliphatic rings. The zero-order chi connectivity index (χ0) is 13.7. The number of esters is 1. The van der Waals surface area contributed by atoms with Gasteiger partial charge in [0.05, 0.1) is 0 Å². The zero-order valence-corrected chi connectivity index (χ0v) is 10.2. The average molecular weight is 257 g/mol. The van der Waals surface area contributed by atoms with Gasteiger partial charge in [0.15, 0.2) is 6.23 Å². The van der Waals surface area contributed by atoms with Crippen LogP contribution >= 0.6 is 0 Å². The molecule has 3 atom stereocenters. The van der Waals surface area contributed by atoms with Crippen LogP contribution in [0.1, 0.15) is 13.8 Å². The van der Waals surface area contributed by atoms with Gasteiger partial charge in [0.1, 0.15) is 18.6 Å². The predicted octanol–water partition coefficient (Wildman–Crippen LogP) is 0.349. The van der Waals surface area contributed by atoms with Crippen molar-refractivity contribution < 1.29 is 28.6 Å². The van der Waals surface area contributed by atoms with Crippen molar-refractivity contribution >= 4 is 18.0 Å². The number of rotatable bonds is 5. The summed E-state index contributed by atoms with van der Waals surface area (Å²) in [7, 11) is 0. The molecule has 1 saturated heterocycles. The Morgan fingerprint density at radius 3 is 2.72 bits per heavy atom. The maximum absolute atomic E-state index is 11.3. The molecule has 0 aromatic rings. The van der Waals surface area contributed by atoms with Crippen LogP contribution in [0.4, 0.5) is 4.79 Å². The van der Waals surface area contributed by atoms with E-state index in [-0.39, 0.29) is 12.5 Å². The van der Waals surface area contributed by atoms with Crippen LogP contribution in [0.2, 0.25) is 0 Å². The van der Waals surface area contributed by atoms with Gasteiger partial charge in [-0.2, -0.15) is 0 Å². The van der Waals surface area contributed by atoms with Gasteiger partial charge in [0.2, 0.25) is 5.91 Å². The van der Waals surface area contributed by atoms with E-state index in [9.17, 15) is 14.4 Å². The third-order valence-electron chi connectivity index (χ3n) is 2.31. The third-order valence-corrected chi connectivity index (χ3v) is 2.31. The smallest absolute Gasteiger partial charge is 0.441 e. The van der Waals surface area contributed by atoms with E-state index < -0.39 is 30.4 Å². The fourth-order valence-corrected chi connectivity index (χ4v) is 1.49. The molecule has 0 radical (unpaired) electrons. The third kappa shape index (κ3) is 3.47. The van der Waals surface area contributed by atoms with Crippen LogP contribution in [0.25, 0.3) is 0 Å². The highest BCUT2D eigenvalue weighted by Gasteiger charge is 2.47. The largest absolute Gasteiger partial charge is 0.508 e. The summed E-state index contributed by atoms with van der Waals surface area (Å²) in [6.45, 7) is 6.15. The number of amides is 1. The van der Waals surface area contributed by atoms with Gasteiger partial charge in [-0.1, -0.05) is 12.7 Å². The Morgan fingerprint density at radius 1 is 1.56 bits per heavy atom. The van der Waals surface area contributed by atoms with E-state index in [0.29, 0.717) is 0 Å². The highest BCUT2D eigenvalue weighted by Crippen LogP contribution is 2.22. The molecule has 100 valence electrons. The van der Waals surface area contributed by atoms with Crippen molar-refractivity contribution in [3.05, 3.63) is 12.7 Å². The van der Waals surface area contributed by atoms with Crippen LogP contribution < -0.4 is 5.32 Å². The van der Waals surface area contributed by atoms with Crippen LogP contribution in [0.15, 0.2) is 12.7 Å². The molecule has 0 aromatic carbocycles. The number of β-lactam (4-membered cyclic amide) rings is 1. The summed E-state index contributed by atoms with van der Waals surface area (Å²) in [4.78, 5) is 33.2. The summed E-state index contributed by atoms with van der Waals surface area (Å²) in [6, 6.07) is 0. The summed E-state index contributed by atoms with van der Waals surface area (Å²) in [5.41, 5.74) is 0. The monoisotopic (exact) mass is 257 g/mol. The molecule has 1 N–H and O–H groups in total. The van der Waals surface area contributed by atoms with Gasteiger partial charge in [0.25, 0.3) is 0 Å². The van der Waals surface area contributed by atoms with Crippen molar-refractivity contribution in [1.29, 1.82) is 0 Å². The molecule has 0 aliphatic carbocycles. The second-order valence-electron chi connectivity index (χ2n) is 3.74. The van der Waals surface area contributed by atoms with Crippen molar-refractivity contribution in [3.63, 3.8) is 0 Å². The molecule has 7 heteroatoms. The lowest BCUT2D eigenvalue weighted by Gasteiger charge is -2.38. The summed E-state index contributed by atoms with van der Waals surface area (Å²) in [6.07, 6.45) is -1.02. The molecule has 1 aliphatic heterocycles. The second kappa shape index (κ2) is 6.04. The molecule has 18 heavy (non-hydrogen) atoms. The average Bonchev–Trinajstić information content (AvgIpc) is 2.24. The quantitative estimate of drug-likeness (QED) is 0.434. The number of hydrogen-bond donors (Lipinski definition) is 1. The Hall–Kier alpha value is -2.05. The van der Waals surface area contributed by atoms with Crippen molar-refractivity contribution in [2.75, 3.05) is 6.61 Å². The van der Waals surface area contributed by atoms with E-state index in [1.54, 1.807) is 0 Å². The molecule has 7 nitrogen and oxygen atoms in total. The predicted molar refractivity (Wildman–Crippen MR) is 59.3 cm³/mol. The number of nitrogens with one attached hydrogen (secondary N) is 1. The molecule has 1 rings (SSSR count). The van der Waals surface area contributed by atoms with E-state index in [4.69, 9.17) is 9.47 Å². The van der Waals surface area contributed by atoms with Crippen LogP contribution in [0.3, 0.4) is 0 Å². The molecule has 1 amide bonds. The highest BCUT2D eigenvalue weighted by molar-refractivity contribution is 5.87. The van der Waals surface area contributed by atoms with E-state index >= 15 is 0 Å². The first kappa shape index (κ1) is 14.0. The number of hydrogen-bond acceptors (Lipinski definition) is 6. The second-order valence-corrected chi connectivity index (χ2v) is 3.74. The first-order valence-corrected chi connectivity index (χ1v) is 5.37. The Balaban J connectivity index is 2.46. The minimum atomic E-state index is -0.899. The Morgan fingerprint density at radius 2 is 2.22 bits per heavy atom. The molecular weight excluding hydrogens is 242 g/mol. The van der Waals surface area contributed by atoms with E-state index in [0.717, 1.165) is 0 Å². The number of carbonyl (C=O) groups excluding carboxylic acids is 3. The molecule has 1 heterocycles. The lowest BCUT2D eigenvalue weighted by atomic mass is 9.93. The van der Waals surface area contributed by atoms with Gasteiger partial charge >= 0.3 is 12.1 Å². The van der Waals surface area contributed by atoms with Gasteiger partial charge < -0.3 is 19.5 Å². The summed E-state index contributed by atoms with van der Waals surface area (Å²) in [5.74, 6) is -1.58. The fourth-order valence-electron chi connectivity index (χ4n) is 1.49. The van der Waals surface area contributed by atoms with Crippen molar-refractivity contribution in [3.8, 4) is 0 Å². The molecule has 0 bridgehead atoms. The SMILES string of the molecule is C=CCOC(=O)O[C@H](C)[C@H]1C(=O)N[C@@H]1OC(C)=O. The number of carbonyl (C=O) groups is 3. The first-order valence-electron chi connectivity index (χ1n) is 5.37. The van der Waals surface area contributed by atoms with Gasteiger partial charge in [-0.3, -0.25) is 9.59 Å². The van der Waals surface area contributed by atoms with E-state index in [1.165, 1.54) is 19.9 Å². The Bertz CT molecular complexity index is 367. The molecular formula is C11H15NO6. The normalized spacial score (nSPS) is 23.1. The van der Waals surface area contributed by atoms with Crippen molar-refractivity contribution in [2.45, 2.75) is 26.2 Å². The molecule has 0 spiro atoms. The van der Waals surface area contributed by atoms with E-state index in [1.807, 2.05) is 0 Å². The minimum absolute atomic E-state index is 0.0236. The first-order chi connectivity index (χ1) is 8.45. The maximum atomic E-state index is 11.3. The topological polar surface area (TPSA) is 90.9 Å². The lowest BCUT2D eigenvalue weighted by molar-refractivity contribution is -0.174. The number of ether oxygens (including phenoxy) is 3. The summed E-state index contributed by atoms with van der Waals surface area (Å²) >= 11 is 0. The fraction of sp³-hybridized carbons (Fsp3) is 0.545. The molecule has 0 aromatic heterocycles. The standard InChI is InChI=1S/C11H15NO6/c1-4-5-16-11(15)17-6(2)8-9(14)12-10(8)18-7(3)13/h4,6,8,10H,1,5H2,2-3H3,(H,12,14)/t6-,8+,10-/m1/s1. The van der Waals surface area contributed by atoms with Crippen LogP contribution in [0, 0.1) is 5.92 Å². The van der Waals surface area contributed by atoms with Gasteiger partial charge in [0, 0.05) is 6.92 Å². The highest BCUT2D eigenvalue weighted by atomic mass is 16.7. The van der Waals surface area contributed by atoms with Crippen LogP contribution in [-0.4, -0.2) is 37.0 Å². The Labute approximate surface area is 104 Å². The van der Waals surface area contributed by atoms with Crippen molar-refractivity contribution in [2.24, 2.45) is 5.92 Å². The van der Waals surface area contributed by atoms with E-state index in [2.05, 4.69) is 16.6 Å². The van der Waals surface area contributed by atoms with Gasteiger partial charge in [-0.05, 0) is 6.92 Å².